The van der Waals surface area contributed by atoms with Crippen molar-refractivity contribution in [1.29, 1.82) is 0 Å². The van der Waals surface area contributed by atoms with Crippen LogP contribution in [0.1, 0.15) is 54.5 Å². The Balaban J connectivity index is 1.77. The molecular weight excluding hydrogens is 312 g/mol. The minimum atomic E-state index is -0.767. The first-order chi connectivity index (χ1) is 11.4. The zero-order valence-electron chi connectivity index (χ0n) is 14.2. The second-order valence-corrected chi connectivity index (χ2v) is 6.80. The van der Waals surface area contributed by atoms with Gasteiger partial charge in [0.25, 0.3) is 5.91 Å². The first-order valence-corrected chi connectivity index (χ1v) is 8.18. The van der Waals surface area contributed by atoms with E-state index < -0.39 is 17.5 Å². The fourth-order valence-electron chi connectivity index (χ4n) is 3.49. The molecule has 0 bridgehead atoms. The van der Waals surface area contributed by atoms with Gasteiger partial charge >= 0.3 is 12.0 Å². The Hall–Kier alpha value is -2.31. The van der Waals surface area contributed by atoms with Gasteiger partial charge in [-0.1, -0.05) is 6.92 Å². The van der Waals surface area contributed by atoms with Crippen LogP contribution in [0.4, 0.5) is 4.79 Å². The molecule has 1 N–H and O–H groups in total. The fourth-order valence-corrected chi connectivity index (χ4v) is 3.49. The molecule has 2 fully saturated rings. The number of ether oxygens (including phenoxy) is 1. The van der Waals surface area contributed by atoms with Crippen molar-refractivity contribution in [2.24, 2.45) is 5.92 Å². The van der Waals surface area contributed by atoms with Crippen LogP contribution in [-0.2, 0) is 16.1 Å². The van der Waals surface area contributed by atoms with E-state index in [0.717, 1.165) is 12.8 Å². The van der Waals surface area contributed by atoms with Crippen LogP contribution in [0.15, 0.2) is 10.5 Å². The zero-order valence-corrected chi connectivity index (χ0v) is 14.2. The number of esters is 1. The predicted octanol–water partition coefficient (Wildman–Crippen LogP) is 2.38. The number of methoxy groups -OCH3 is 1. The predicted molar refractivity (Wildman–Crippen MR) is 84.2 cm³/mol. The summed E-state index contributed by atoms with van der Waals surface area (Å²) in [5, 5.41) is 2.87. The van der Waals surface area contributed by atoms with Gasteiger partial charge in [0.2, 0.25) is 5.76 Å². The largest absolute Gasteiger partial charge is 0.463 e. The third-order valence-corrected chi connectivity index (χ3v) is 5.03. The highest BCUT2D eigenvalue weighted by Gasteiger charge is 2.52. The Labute approximate surface area is 140 Å². The Kier molecular flexibility index (Phi) is 4.11. The average Bonchev–Trinajstić information content (AvgIpc) is 3.03. The topological polar surface area (TPSA) is 88.8 Å². The van der Waals surface area contributed by atoms with Crippen molar-refractivity contribution in [3.63, 3.8) is 0 Å². The smallest absolute Gasteiger partial charge is 0.374 e. The van der Waals surface area contributed by atoms with Gasteiger partial charge in [-0.2, -0.15) is 0 Å². The van der Waals surface area contributed by atoms with Crippen LogP contribution in [0.2, 0.25) is 0 Å². The number of imide groups is 1. The normalized spacial score (nSPS) is 26.8. The molecule has 1 aromatic heterocycles. The summed E-state index contributed by atoms with van der Waals surface area (Å²) in [4.78, 5) is 37.9. The van der Waals surface area contributed by atoms with E-state index in [1.54, 1.807) is 13.0 Å². The Morgan fingerprint density at radius 3 is 2.71 bits per heavy atom. The number of nitrogens with one attached hydrogen (secondary N) is 1. The number of hydrogen-bond donors (Lipinski definition) is 1. The highest BCUT2D eigenvalue weighted by atomic mass is 16.5. The van der Waals surface area contributed by atoms with Gasteiger partial charge in [-0.15, -0.1) is 0 Å². The molecule has 3 amide bonds. The first-order valence-electron chi connectivity index (χ1n) is 8.18. The average molecular weight is 334 g/mol. The molecule has 1 saturated heterocycles. The van der Waals surface area contributed by atoms with Crippen LogP contribution in [-0.4, -0.2) is 35.5 Å². The Morgan fingerprint density at radius 2 is 2.08 bits per heavy atom. The number of hydrogen-bond acceptors (Lipinski definition) is 5. The Bertz CT molecular complexity index is 685. The van der Waals surface area contributed by atoms with Crippen LogP contribution < -0.4 is 5.32 Å². The van der Waals surface area contributed by atoms with Crippen LogP contribution in [0.25, 0.3) is 0 Å². The molecule has 0 aromatic carbocycles. The monoisotopic (exact) mass is 334 g/mol. The molecule has 3 rings (SSSR count). The highest BCUT2D eigenvalue weighted by Crippen LogP contribution is 2.36. The molecule has 24 heavy (non-hydrogen) atoms. The van der Waals surface area contributed by atoms with Crippen LogP contribution in [0.5, 0.6) is 0 Å². The molecule has 0 radical (unpaired) electrons. The van der Waals surface area contributed by atoms with Gasteiger partial charge in [-0.05, 0) is 44.6 Å². The molecule has 7 nitrogen and oxygen atoms in total. The molecule has 1 spiro atoms. The summed E-state index contributed by atoms with van der Waals surface area (Å²) < 4.78 is 10.1. The lowest BCUT2D eigenvalue weighted by Crippen LogP contribution is -2.49. The maximum Gasteiger partial charge on any atom is 0.374 e. The third-order valence-electron chi connectivity index (χ3n) is 5.03. The van der Waals surface area contributed by atoms with Crippen LogP contribution in [0, 0.1) is 12.8 Å². The van der Waals surface area contributed by atoms with E-state index in [1.165, 1.54) is 12.0 Å². The zero-order chi connectivity index (χ0) is 17.5. The number of urea groups is 1. The second kappa shape index (κ2) is 5.96. The van der Waals surface area contributed by atoms with Gasteiger partial charge in [0.1, 0.15) is 11.3 Å². The van der Waals surface area contributed by atoms with Gasteiger partial charge in [0.15, 0.2) is 0 Å². The number of amides is 3. The van der Waals surface area contributed by atoms with E-state index in [-0.39, 0.29) is 18.2 Å². The van der Waals surface area contributed by atoms with E-state index in [9.17, 15) is 14.4 Å². The minimum Gasteiger partial charge on any atom is -0.463 e. The van der Waals surface area contributed by atoms with Gasteiger partial charge in [-0.3, -0.25) is 9.69 Å². The number of nitrogens with zero attached hydrogens (tertiary/aromatic N) is 1. The number of furan rings is 1. The molecular formula is C17H22N2O5. The van der Waals surface area contributed by atoms with Crippen LogP contribution >= 0.6 is 0 Å². The summed E-state index contributed by atoms with van der Waals surface area (Å²) in [7, 11) is 1.27. The summed E-state index contributed by atoms with van der Waals surface area (Å²) in [5.41, 5.74) is -0.152. The first kappa shape index (κ1) is 16.5. The van der Waals surface area contributed by atoms with E-state index in [4.69, 9.17) is 4.42 Å². The molecule has 0 atom stereocenters. The molecule has 7 heteroatoms. The Morgan fingerprint density at radius 1 is 1.42 bits per heavy atom. The summed E-state index contributed by atoms with van der Waals surface area (Å²) in [6.07, 6.45) is 3.18. The summed E-state index contributed by atoms with van der Waals surface area (Å²) in [6, 6.07) is 1.25. The lowest BCUT2D eigenvalue weighted by molar-refractivity contribution is -0.133. The van der Waals surface area contributed by atoms with E-state index in [0.29, 0.717) is 30.1 Å². The van der Waals surface area contributed by atoms with Crippen LogP contribution in [0.3, 0.4) is 0 Å². The van der Waals surface area contributed by atoms with Gasteiger partial charge in [-0.25, -0.2) is 9.59 Å². The van der Waals surface area contributed by atoms with Gasteiger partial charge in [0.05, 0.1) is 13.7 Å². The molecule has 1 saturated carbocycles. The molecule has 2 heterocycles. The number of aryl methyl sites for hydroxylation is 1. The van der Waals surface area contributed by atoms with Crippen molar-refractivity contribution in [3.8, 4) is 0 Å². The molecule has 1 aliphatic carbocycles. The lowest BCUT2D eigenvalue weighted by Gasteiger charge is -2.33. The number of carbonyl (C=O) groups excluding carboxylic acids is 3. The van der Waals surface area contributed by atoms with Crippen molar-refractivity contribution in [2.75, 3.05) is 7.11 Å². The third kappa shape index (κ3) is 2.68. The van der Waals surface area contributed by atoms with Crippen molar-refractivity contribution >= 4 is 17.9 Å². The highest BCUT2D eigenvalue weighted by molar-refractivity contribution is 6.07. The number of rotatable bonds is 3. The van der Waals surface area contributed by atoms with Gasteiger partial charge < -0.3 is 14.5 Å². The maximum atomic E-state index is 12.8. The molecule has 1 aromatic rings. The molecule has 2 aliphatic rings. The summed E-state index contributed by atoms with van der Waals surface area (Å²) >= 11 is 0. The van der Waals surface area contributed by atoms with E-state index >= 15 is 0 Å². The molecule has 0 unspecified atom stereocenters. The van der Waals surface area contributed by atoms with Crippen molar-refractivity contribution in [1.82, 2.24) is 10.2 Å². The summed E-state index contributed by atoms with van der Waals surface area (Å²) in [6.45, 7) is 3.89. The number of carbonyl (C=O) groups is 3. The standard InChI is InChI=1S/C17H22N2O5/c1-10-4-6-17(7-5-10)15(21)19(16(22)18-17)9-12-8-11(2)13(24-12)14(20)23-3/h8,10H,4-7,9H2,1-3H3,(H,18,22). The van der Waals surface area contributed by atoms with Crippen molar-refractivity contribution < 1.29 is 23.5 Å². The minimum absolute atomic E-state index is 0.0137. The second-order valence-electron chi connectivity index (χ2n) is 6.80. The van der Waals surface area contributed by atoms with Crippen molar-refractivity contribution in [2.45, 2.75) is 51.6 Å². The van der Waals surface area contributed by atoms with E-state index in [2.05, 4.69) is 17.0 Å². The lowest BCUT2D eigenvalue weighted by atomic mass is 9.77. The molecule has 130 valence electrons. The fraction of sp³-hybridized carbons (Fsp3) is 0.588. The van der Waals surface area contributed by atoms with Gasteiger partial charge in [0, 0.05) is 5.56 Å². The maximum absolute atomic E-state index is 12.8. The molecule has 1 aliphatic heterocycles. The van der Waals surface area contributed by atoms with E-state index in [1.807, 2.05) is 0 Å². The van der Waals surface area contributed by atoms with Crippen molar-refractivity contribution in [3.05, 3.63) is 23.2 Å². The quantitative estimate of drug-likeness (QED) is 0.677. The SMILES string of the molecule is COC(=O)c1oc(CN2C(=O)NC3(CCC(C)CC3)C2=O)cc1C. The summed E-state index contributed by atoms with van der Waals surface area (Å²) in [5.74, 6) is 0.282.